The number of hydrogen-bond donors (Lipinski definition) is 1. The van der Waals surface area contributed by atoms with Gasteiger partial charge < -0.3 is 5.32 Å². The highest BCUT2D eigenvalue weighted by Crippen LogP contribution is 2.36. The Bertz CT molecular complexity index is 768. The quantitative estimate of drug-likeness (QED) is 0.515. The minimum Gasteiger partial charge on any atom is -0.325 e. The van der Waals surface area contributed by atoms with Crippen molar-refractivity contribution in [1.82, 2.24) is 0 Å². The lowest BCUT2D eigenvalue weighted by molar-refractivity contribution is -0.137. The normalized spacial score (nSPS) is 11.4. The fraction of sp³-hybridized carbons (Fsp3) is 0.133. The molecule has 24 heavy (non-hydrogen) atoms. The Labute approximate surface area is 149 Å². The number of benzene rings is 2. The fourth-order valence-electron chi connectivity index (χ4n) is 1.76. The summed E-state index contributed by atoms with van der Waals surface area (Å²) in [4.78, 5) is 12.4. The highest BCUT2D eigenvalue weighted by molar-refractivity contribution is 8.00. The summed E-state index contributed by atoms with van der Waals surface area (Å²) in [5, 5.41) is 2.01. The van der Waals surface area contributed by atoms with Crippen LogP contribution in [0.15, 0.2) is 41.3 Å². The largest absolute Gasteiger partial charge is 0.418 e. The second kappa shape index (κ2) is 7.63. The van der Waals surface area contributed by atoms with E-state index in [1.54, 1.807) is 0 Å². The summed E-state index contributed by atoms with van der Waals surface area (Å²) in [5.74, 6) is -1.41. The van der Waals surface area contributed by atoms with E-state index >= 15 is 0 Å². The third-order valence-corrected chi connectivity index (χ3v) is 4.34. The van der Waals surface area contributed by atoms with Gasteiger partial charge in [0.1, 0.15) is 5.82 Å². The Morgan fingerprint density at radius 3 is 2.46 bits per heavy atom. The molecule has 0 aliphatic heterocycles. The number of thioether (sulfide) groups is 1. The molecule has 0 bridgehead atoms. The van der Waals surface area contributed by atoms with Gasteiger partial charge in [-0.15, -0.1) is 11.8 Å². The molecule has 0 unspecified atom stereocenters. The second-order valence-electron chi connectivity index (χ2n) is 4.60. The van der Waals surface area contributed by atoms with Gasteiger partial charge in [0.2, 0.25) is 5.91 Å². The fourth-order valence-corrected chi connectivity index (χ4v) is 2.91. The van der Waals surface area contributed by atoms with E-state index in [2.05, 4.69) is 5.32 Å². The Kier molecular flexibility index (Phi) is 6.01. The highest BCUT2D eigenvalue weighted by atomic mass is 35.5. The Morgan fingerprint density at radius 1 is 1.12 bits per heavy atom. The Hall–Kier alpha value is -1.44. The molecule has 0 spiro atoms. The molecule has 1 amide bonds. The molecule has 9 heteroatoms. The molecule has 0 aromatic heterocycles. The van der Waals surface area contributed by atoms with Crippen molar-refractivity contribution in [2.24, 2.45) is 0 Å². The van der Waals surface area contributed by atoms with Crippen LogP contribution in [0, 0.1) is 5.82 Å². The number of hydrogen-bond acceptors (Lipinski definition) is 2. The zero-order valence-electron chi connectivity index (χ0n) is 11.8. The maximum atomic E-state index is 13.0. The monoisotopic (exact) mass is 397 g/mol. The number of amides is 1. The predicted molar refractivity (Wildman–Crippen MR) is 87.2 cm³/mol. The van der Waals surface area contributed by atoms with Crippen LogP contribution in [0.4, 0.5) is 23.2 Å². The van der Waals surface area contributed by atoms with Gasteiger partial charge in [0.15, 0.2) is 0 Å². The lowest BCUT2D eigenvalue weighted by Gasteiger charge is -2.14. The van der Waals surface area contributed by atoms with Gasteiger partial charge in [0.25, 0.3) is 0 Å². The molecule has 128 valence electrons. The molecule has 0 aliphatic carbocycles. The van der Waals surface area contributed by atoms with E-state index in [4.69, 9.17) is 23.2 Å². The van der Waals surface area contributed by atoms with Crippen molar-refractivity contribution in [3.8, 4) is 0 Å². The van der Waals surface area contributed by atoms with Crippen molar-refractivity contribution in [3.63, 3.8) is 0 Å². The number of carbonyl (C=O) groups excluding carboxylic acids is 1. The second-order valence-corrected chi connectivity index (χ2v) is 6.49. The van der Waals surface area contributed by atoms with Crippen LogP contribution >= 0.6 is 35.0 Å². The van der Waals surface area contributed by atoms with Crippen LogP contribution in [0.5, 0.6) is 0 Å². The van der Waals surface area contributed by atoms with Crippen LogP contribution in [-0.2, 0) is 11.0 Å². The van der Waals surface area contributed by atoms with Gasteiger partial charge in [0, 0.05) is 9.92 Å². The summed E-state index contributed by atoms with van der Waals surface area (Å²) < 4.78 is 51.9. The van der Waals surface area contributed by atoms with Crippen molar-refractivity contribution in [1.29, 1.82) is 0 Å². The van der Waals surface area contributed by atoms with Crippen molar-refractivity contribution >= 4 is 46.6 Å². The minimum absolute atomic E-state index is 0.0874. The number of anilines is 1. The molecule has 0 atom stereocenters. The van der Waals surface area contributed by atoms with Gasteiger partial charge in [-0.2, -0.15) is 13.2 Å². The molecule has 0 saturated heterocycles. The van der Waals surface area contributed by atoms with Crippen molar-refractivity contribution < 1.29 is 22.4 Å². The Morgan fingerprint density at radius 2 is 1.83 bits per heavy atom. The summed E-state index contributed by atoms with van der Waals surface area (Å²) in [7, 11) is 0. The molecule has 0 saturated carbocycles. The van der Waals surface area contributed by atoms with Gasteiger partial charge in [-0.3, -0.25) is 4.79 Å². The molecule has 0 fully saturated rings. The van der Waals surface area contributed by atoms with Gasteiger partial charge in [-0.1, -0.05) is 23.2 Å². The molecule has 2 aromatic carbocycles. The Balaban J connectivity index is 2.06. The predicted octanol–water partition coefficient (Wildman–Crippen LogP) is 5.88. The number of halogens is 6. The summed E-state index contributed by atoms with van der Waals surface area (Å²) >= 11 is 12.2. The van der Waals surface area contributed by atoms with Crippen molar-refractivity contribution in [2.45, 2.75) is 11.1 Å². The number of rotatable bonds is 4. The number of nitrogens with one attached hydrogen (secondary N) is 1. The average Bonchev–Trinajstić information content (AvgIpc) is 2.49. The molecule has 2 rings (SSSR count). The summed E-state index contributed by atoms with van der Waals surface area (Å²) in [6, 6.07) is 6.97. The maximum absolute atomic E-state index is 13.0. The first-order chi connectivity index (χ1) is 11.2. The smallest absolute Gasteiger partial charge is 0.325 e. The third-order valence-electron chi connectivity index (χ3n) is 2.82. The highest BCUT2D eigenvalue weighted by Gasteiger charge is 2.34. The van der Waals surface area contributed by atoms with Gasteiger partial charge in [-0.05, 0) is 36.4 Å². The SMILES string of the molecule is O=C(CSc1ccc(F)c(Cl)c1)Nc1ccc(Cl)cc1C(F)(F)F. The van der Waals surface area contributed by atoms with Crippen LogP contribution in [0.1, 0.15) is 5.56 Å². The molecule has 1 N–H and O–H groups in total. The first-order valence-corrected chi connectivity index (χ1v) is 8.15. The average molecular weight is 398 g/mol. The molecular weight excluding hydrogens is 389 g/mol. The number of carbonyl (C=O) groups is 1. The summed E-state index contributed by atoms with van der Waals surface area (Å²) in [6.07, 6.45) is -4.65. The van der Waals surface area contributed by atoms with Gasteiger partial charge in [-0.25, -0.2) is 4.39 Å². The molecule has 0 aliphatic rings. The summed E-state index contributed by atoms with van der Waals surface area (Å²) in [6.45, 7) is 0. The van der Waals surface area contributed by atoms with E-state index in [1.165, 1.54) is 18.2 Å². The molecule has 2 nitrogen and oxygen atoms in total. The molecule has 0 radical (unpaired) electrons. The summed E-state index contributed by atoms with van der Waals surface area (Å²) in [5.41, 5.74) is -1.41. The standard InChI is InChI=1S/C15H9Cl2F4NOS/c16-8-1-4-13(10(5-8)15(19,20)21)22-14(23)7-24-9-2-3-12(18)11(17)6-9/h1-6H,7H2,(H,22,23). The zero-order chi connectivity index (χ0) is 17.9. The first kappa shape index (κ1) is 18.9. The van der Waals surface area contributed by atoms with Gasteiger partial charge in [0.05, 0.1) is 22.0 Å². The van der Waals surface area contributed by atoms with E-state index in [0.717, 1.165) is 30.0 Å². The van der Waals surface area contributed by atoms with Gasteiger partial charge >= 0.3 is 6.18 Å². The van der Waals surface area contributed by atoms with E-state index in [0.29, 0.717) is 4.90 Å². The van der Waals surface area contributed by atoms with Crippen LogP contribution in [0.25, 0.3) is 0 Å². The zero-order valence-corrected chi connectivity index (χ0v) is 14.1. The van der Waals surface area contributed by atoms with E-state index in [-0.39, 0.29) is 21.5 Å². The van der Waals surface area contributed by atoms with Crippen LogP contribution in [-0.4, -0.2) is 11.7 Å². The van der Waals surface area contributed by atoms with Crippen LogP contribution in [0.2, 0.25) is 10.0 Å². The number of alkyl halides is 3. The van der Waals surface area contributed by atoms with E-state index < -0.39 is 23.5 Å². The molecule has 2 aromatic rings. The van der Waals surface area contributed by atoms with Crippen LogP contribution < -0.4 is 5.32 Å². The maximum Gasteiger partial charge on any atom is 0.418 e. The van der Waals surface area contributed by atoms with Crippen molar-refractivity contribution in [2.75, 3.05) is 11.1 Å². The van der Waals surface area contributed by atoms with Crippen LogP contribution in [0.3, 0.4) is 0 Å². The third kappa shape index (κ3) is 5.03. The lowest BCUT2D eigenvalue weighted by atomic mass is 10.1. The topological polar surface area (TPSA) is 29.1 Å². The first-order valence-electron chi connectivity index (χ1n) is 6.41. The molecular formula is C15H9Cl2F4NOS. The van der Waals surface area contributed by atoms with E-state index in [1.807, 2.05) is 0 Å². The van der Waals surface area contributed by atoms with E-state index in [9.17, 15) is 22.4 Å². The van der Waals surface area contributed by atoms with Crippen molar-refractivity contribution in [3.05, 3.63) is 57.8 Å². The minimum atomic E-state index is -4.65. The molecule has 0 heterocycles. The lowest BCUT2D eigenvalue weighted by Crippen LogP contribution is -2.18.